The third-order valence-corrected chi connectivity index (χ3v) is 3.86. The van der Waals surface area contributed by atoms with E-state index in [4.69, 9.17) is 5.73 Å². The quantitative estimate of drug-likeness (QED) is 0.901. The molecule has 2 aromatic heterocycles. The average Bonchev–Trinajstić information content (AvgIpc) is 2.67. The summed E-state index contributed by atoms with van der Waals surface area (Å²) in [4.78, 5) is 17.8. The summed E-state index contributed by atoms with van der Waals surface area (Å²) in [7, 11) is 0. The molecule has 5 heteroatoms. The second-order valence-electron chi connectivity index (χ2n) is 5.51. The number of nitrogens with zero attached hydrogens (tertiary/aromatic N) is 2. The lowest BCUT2D eigenvalue weighted by atomic mass is 9.93. The van der Waals surface area contributed by atoms with Crippen LogP contribution in [0.1, 0.15) is 37.7 Å². The smallest absolute Gasteiger partial charge is 0.262 e. The molecule has 0 unspecified atom stereocenters. The maximum Gasteiger partial charge on any atom is 0.262 e. The molecule has 4 nitrogen and oxygen atoms in total. The highest BCUT2D eigenvalue weighted by Gasteiger charge is 2.21. The summed E-state index contributed by atoms with van der Waals surface area (Å²) in [5, 5.41) is 2.02. The van der Waals surface area contributed by atoms with Crippen molar-refractivity contribution in [2.24, 2.45) is 5.73 Å². The Morgan fingerprint density at radius 2 is 2.11 bits per heavy atom. The van der Waals surface area contributed by atoms with Crippen molar-refractivity contribution >= 4 is 16.3 Å². The zero-order valence-electron chi connectivity index (χ0n) is 11.3. The zero-order valence-corrected chi connectivity index (χ0v) is 12.1. The summed E-state index contributed by atoms with van der Waals surface area (Å²) in [6, 6.07) is 0. The van der Waals surface area contributed by atoms with Gasteiger partial charge in [0.25, 0.3) is 5.56 Å². The van der Waals surface area contributed by atoms with Crippen LogP contribution in [0.4, 0.5) is 0 Å². The van der Waals surface area contributed by atoms with Gasteiger partial charge >= 0.3 is 0 Å². The van der Waals surface area contributed by atoms with Gasteiger partial charge in [0.2, 0.25) is 0 Å². The Morgan fingerprint density at radius 3 is 2.67 bits per heavy atom. The van der Waals surface area contributed by atoms with Gasteiger partial charge in [0.05, 0.1) is 0 Å². The Bertz CT molecular complexity index is 634. The van der Waals surface area contributed by atoms with Gasteiger partial charge in [-0.1, -0.05) is 20.8 Å². The summed E-state index contributed by atoms with van der Waals surface area (Å²) in [5.74, 6) is 0. The first kappa shape index (κ1) is 13.2. The molecule has 18 heavy (non-hydrogen) atoms. The first-order chi connectivity index (χ1) is 8.36. The van der Waals surface area contributed by atoms with Crippen LogP contribution in [0.2, 0.25) is 0 Å². The minimum atomic E-state index is -0.0704. The minimum Gasteiger partial charge on any atom is -0.330 e. The molecule has 2 aromatic rings. The van der Waals surface area contributed by atoms with Crippen molar-refractivity contribution in [1.29, 1.82) is 0 Å². The van der Waals surface area contributed by atoms with Gasteiger partial charge < -0.3 is 5.73 Å². The van der Waals surface area contributed by atoms with Crippen LogP contribution in [0.25, 0.3) is 4.96 Å². The number of hydrogen-bond donors (Lipinski definition) is 1. The highest BCUT2D eigenvalue weighted by atomic mass is 32.1. The number of hydrogen-bond acceptors (Lipinski definition) is 4. The molecule has 0 aromatic carbocycles. The van der Waals surface area contributed by atoms with Crippen LogP contribution in [0.15, 0.2) is 10.2 Å². The van der Waals surface area contributed by atoms with E-state index in [0.29, 0.717) is 13.0 Å². The van der Waals surface area contributed by atoms with Gasteiger partial charge in [-0.2, -0.15) is 0 Å². The third kappa shape index (κ3) is 2.08. The maximum atomic E-state index is 12.5. The Hall–Kier alpha value is -1.20. The van der Waals surface area contributed by atoms with E-state index in [1.807, 2.05) is 12.3 Å². The summed E-state index contributed by atoms with van der Waals surface area (Å²) >= 11 is 1.52. The monoisotopic (exact) mass is 265 g/mol. The number of aromatic nitrogens is 2. The lowest BCUT2D eigenvalue weighted by Gasteiger charge is -2.18. The van der Waals surface area contributed by atoms with E-state index in [9.17, 15) is 4.79 Å². The van der Waals surface area contributed by atoms with Gasteiger partial charge in [0.1, 0.15) is 0 Å². The summed E-state index contributed by atoms with van der Waals surface area (Å²) in [6.07, 6.45) is 0.583. The van der Waals surface area contributed by atoms with E-state index in [-0.39, 0.29) is 11.0 Å². The molecular weight excluding hydrogens is 246 g/mol. The lowest BCUT2D eigenvalue weighted by molar-refractivity contribution is 0.559. The van der Waals surface area contributed by atoms with E-state index in [2.05, 4.69) is 25.8 Å². The van der Waals surface area contributed by atoms with Crippen LogP contribution < -0.4 is 11.3 Å². The largest absolute Gasteiger partial charge is 0.330 e. The number of thiazole rings is 1. The number of nitrogens with two attached hydrogens (primary N) is 1. The molecule has 0 aliphatic carbocycles. The van der Waals surface area contributed by atoms with Crippen LogP contribution in [0.3, 0.4) is 0 Å². The highest BCUT2D eigenvalue weighted by molar-refractivity contribution is 7.15. The molecule has 2 N–H and O–H groups in total. The van der Waals surface area contributed by atoms with Gasteiger partial charge in [0, 0.05) is 27.7 Å². The molecule has 0 bridgehead atoms. The number of aryl methyl sites for hydroxylation is 1. The molecule has 0 radical (unpaired) electrons. The fourth-order valence-electron chi connectivity index (χ4n) is 2.03. The van der Waals surface area contributed by atoms with Crippen molar-refractivity contribution in [1.82, 2.24) is 9.38 Å². The van der Waals surface area contributed by atoms with Crippen LogP contribution >= 0.6 is 11.3 Å². The SMILES string of the molecule is Cc1nc2scc(C(C)(C)C)n2c(=O)c1CCN. The van der Waals surface area contributed by atoms with Gasteiger partial charge in [-0.25, -0.2) is 4.98 Å². The van der Waals surface area contributed by atoms with Crippen molar-refractivity contribution in [3.05, 3.63) is 32.7 Å². The predicted octanol–water partition coefficient (Wildman–Crippen LogP) is 1.86. The Kier molecular flexibility index (Phi) is 3.29. The van der Waals surface area contributed by atoms with E-state index in [0.717, 1.165) is 21.9 Å². The molecule has 98 valence electrons. The van der Waals surface area contributed by atoms with Crippen molar-refractivity contribution in [3.63, 3.8) is 0 Å². The molecular formula is C13H19N3OS. The van der Waals surface area contributed by atoms with Crippen LogP contribution in [-0.2, 0) is 11.8 Å². The lowest BCUT2D eigenvalue weighted by Crippen LogP contribution is -2.27. The van der Waals surface area contributed by atoms with Crippen molar-refractivity contribution in [2.75, 3.05) is 6.54 Å². The van der Waals surface area contributed by atoms with Crippen molar-refractivity contribution in [2.45, 2.75) is 39.5 Å². The molecule has 0 amide bonds. The summed E-state index contributed by atoms with van der Waals surface area (Å²) < 4.78 is 1.74. The maximum absolute atomic E-state index is 12.5. The minimum absolute atomic E-state index is 0.0362. The molecule has 0 aliphatic heterocycles. The van der Waals surface area contributed by atoms with Crippen LogP contribution in [0.5, 0.6) is 0 Å². The standard InChI is InChI=1S/C13H19N3OS/c1-8-9(5-6-14)11(17)16-10(13(2,3)4)7-18-12(16)15-8/h7H,5-6,14H2,1-4H3. The van der Waals surface area contributed by atoms with Crippen molar-refractivity contribution < 1.29 is 0 Å². The molecule has 0 fully saturated rings. The summed E-state index contributed by atoms with van der Waals surface area (Å²) in [6.45, 7) is 8.65. The van der Waals surface area contributed by atoms with Crippen LogP contribution in [-0.4, -0.2) is 15.9 Å². The van der Waals surface area contributed by atoms with Gasteiger partial charge in [-0.3, -0.25) is 9.20 Å². The van der Waals surface area contributed by atoms with Crippen LogP contribution in [0, 0.1) is 6.92 Å². The molecule has 0 aliphatic rings. The second kappa shape index (κ2) is 4.48. The first-order valence-corrected chi connectivity index (χ1v) is 6.94. The van der Waals surface area contributed by atoms with Gasteiger partial charge in [0.15, 0.2) is 4.96 Å². The Balaban J connectivity index is 2.81. The normalized spacial score (nSPS) is 12.3. The highest BCUT2D eigenvalue weighted by Crippen LogP contribution is 2.26. The second-order valence-corrected chi connectivity index (χ2v) is 6.35. The topological polar surface area (TPSA) is 60.4 Å². The zero-order chi connectivity index (χ0) is 13.5. The fourth-order valence-corrected chi connectivity index (χ4v) is 3.19. The third-order valence-electron chi connectivity index (χ3n) is 3.03. The predicted molar refractivity (Wildman–Crippen MR) is 75.5 cm³/mol. The Morgan fingerprint density at radius 1 is 1.44 bits per heavy atom. The number of fused-ring (bicyclic) bond motifs is 1. The molecule has 0 saturated carbocycles. The van der Waals surface area contributed by atoms with E-state index in [1.165, 1.54) is 11.3 Å². The van der Waals surface area contributed by atoms with E-state index in [1.54, 1.807) is 4.40 Å². The Labute approximate surface area is 110 Å². The van der Waals surface area contributed by atoms with E-state index >= 15 is 0 Å². The molecule has 2 rings (SSSR count). The average molecular weight is 265 g/mol. The van der Waals surface area contributed by atoms with Gasteiger partial charge in [-0.15, -0.1) is 11.3 Å². The van der Waals surface area contributed by atoms with Gasteiger partial charge in [-0.05, 0) is 19.9 Å². The van der Waals surface area contributed by atoms with E-state index < -0.39 is 0 Å². The molecule has 0 saturated heterocycles. The molecule has 2 heterocycles. The fraction of sp³-hybridized carbons (Fsp3) is 0.538. The number of rotatable bonds is 2. The first-order valence-electron chi connectivity index (χ1n) is 6.06. The molecule has 0 atom stereocenters. The van der Waals surface area contributed by atoms with Crippen molar-refractivity contribution in [3.8, 4) is 0 Å². The molecule has 0 spiro atoms. The summed E-state index contributed by atoms with van der Waals surface area (Å²) in [5.41, 5.74) is 8.08.